The van der Waals surface area contributed by atoms with Crippen LogP contribution in [0.2, 0.25) is 0 Å². The molecule has 1 saturated heterocycles. The summed E-state index contributed by atoms with van der Waals surface area (Å²) in [5.74, 6) is 0.915. The summed E-state index contributed by atoms with van der Waals surface area (Å²) in [6.07, 6.45) is 2.77. The van der Waals surface area contributed by atoms with Crippen molar-refractivity contribution in [1.82, 2.24) is 20.1 Å². The molecule has 0 bridgehead atoms. The van der Waals surface area contributed by atoms with E-state index in [1.807, 2.05) is 30.0 Å². The van der Waals surface area contributed by atoms with Gasteiger partial charge in [0.25, 0.3) is 0 Å². The smallest absolute Gasteiger partial charge is 0.317 e. The van der Waals surface area contributed by atoms with Crippen LogP contribution in [0, 0.1) is 12.8 Å². The molecule has 4 rings (SSSR count). The zero-order chi connectivity index (χ0) is 18.8. The quantitative estimate of drug-likeness (QED) is 0.850. The third-order valence-corrected chi connectivity index (χ3v) is 6.85. The Balaban J connectivity index is 1.34. The number of benzene rings is 1. The van der Waals surface area contributed by atoms with Gasteiger partial charge in [-0.2, -0.15) is 0 Å². The van der Waals surface area contributed by atoms with Gasteiger partial charge in [0.1, 0.15) is 5.01 Å². The second kappa shape index (κ2) is 7.98. The Kier molecular flexibility index (Phi) is 5.45. The first-order chi connectivity index (χ1) is 13.1. The highest BCUT2D eigenvalue weighted by molar-refractivity contribution is 7.15. The summed E-state index contributed by atoms with van der Waals surface area (Å²) in [5, 5.41) is 4.19. The average Bonchev–Trinajstić information content (AvgIpc) is 3.41. The zero-order valence-corrected chi connectivity index (χ0v) is 17.0. The summed E-state index contributed by atoms with van der Waals surface area (Å²) in [6, 6.07) is 10.2. The number of urea groups is 1. The Labute approximate surface area is 165 Å². The molecule has 5 nitrogen and oxygen atoms in total. The summed E-state index contributed by atoms with van der Waals surface area (Å²) in [5.41, 5.74) is 2.13. The van der Waals surface area contributed by atoms with Crippen molar-refractivity contribution in [2.75, 3.05) is 32.7 Å². The number of piperazine rings is 1. The maximum absolute atomic E-state index is 12.7. The fourth-order valence-corrected chi connectivity index (χ4v) is 4.73. The molecule has 2 aliphatic rings. The first-order valence-corrected chi connectivity index (χ1v) is 10.7. The van der Waals surface area contributed by atoms with Gasteiger partial charge in [0, 0.05) is 38.3 Å². The van der Waals surface area contributed by atoms with Crippen LogP contribution >= 0.6 is 11.3 Å². The lowest BCUT2D eigenvalue weighted by molar-refractivity contribution is 0.134. The number of hydrogen-bond donors (Lipinski definition) is 1. The molecule has 1 atom stereocenters. The molecule has 2 heterocycles. The number of aryl methyl sites for hydroxylation is 1. The SMILES string of the molecule is Cc1nc(-c2ccccc2)sc1C(C)NC(=O)N1CCN(CC2CC2)CC1. The maximum Gasteiger partial charge on any atom is 0.317 e. The van der Waals surface area contributed by atoms with E-state index < -0.39 is 0 Å². The lowest BCUT2D eigenvalue weighted by Gasteiger charge is -2.35. The van der Waals surface area contributed by atoms with Crippen LogP contribution in [-0.4, -0.2) is 53.5 Å². The molecule has 1 saturated carbocycles. The molecule has 1 aromatic carbocycles. The lowest BCUT2D eigenvalue weighted by atomic mass is 10.2. The van der Waals surface area contributed by atoms with E-state index in [0.29, 0.717) is 0 Å². The van der Waals surface area contributed by atoms with Crippen molar-refractivity contribution in [1.29, 1.82) is 0 Å². The molecule has 0 radical (unpaired) electrons. The van der Waals surface area contributed by atoms with Gasteiger partial charge in [0.2, 0.25) is 0 Å². The van der Waals surface area contributed by atoms with Crippen LogP contribution in [0.4, 0.5) is 4.79 Å². The van der Waals surface area contributed by atoms with Gasteiger partial charge >= 0.3 is 6.03 Å². The van der Waals surface area contributed by atoms with Crippen LogP contribution in [0.1, 0.15) is 36.4 Å². The molecule has 2 amide bonds. The second-order valence-corrected chi connectivity index (χ2v) is 8.77. The second-order valence-electron chi connectivity index (χ2n) is 7.74. The van der Waals surface area contributed by atoms with Crippen molar-refractivity contribution in [3.8, 4) is 10.6 Å². The van der Waals surface area contributed by atoms with Crippen molar-refractivity contribution < 1.29 is 4.79 Å². The minimum Gasteiger partial charge on any atom is -0.331 e. The number of hydrogen-bond acceptors (Lipinski definition) is 4. The predicted octanol–water partition coefficient (Wildman–Crippen LogP) is 3.92. The van der Waals surface area contributed by atoms with E-state index in [-0.39, 0.29) is 12.1 Å². The molecule has 0 spiro atoms. The molecular formula is C21H28N4OS. The van der Waals surface area contributed by atoms with Gasteiger partial charge in [-0.1, -0.05) is 30.3 Å². The van der Waals surface area contributed by atoms with E-state index in [4.69, 9.17) is 4.98 Å². The van der Waals surface area contributed by atoms with E-state index in [2.05, 4.69) is 29.3 Å². The minimum atomic E-state index is -0.0306. The molecule has 1 unspecified atom stereocenters. The van der Waals surface area contributed by atoms with Crippen molar-refractivity contribution in [2.45, 2.75) is 32.7 Å². The number of rotatable bonds is 5. The highest BCUT2D eigenvalue weighted by Crippen LogP contribution is 2.32. The molecule has 1 aliphatic heterocycles. The number of amides is 2. The molecule has 2 fully saturated rings. The standard InChI is InChI=1S/C21H28N4OS/c1-15-19(27-20(22-15)18-6-4-3-5-7-18)16(2)23-21(26)25-12-10-24(11-13-25)14-17-8-9-17/h3-7,16-17H,8-14H2,1-2H3,(H,23,26). The van der Waals surface area contributed by atoms with Crippen LogP contribution in [0.5, 0.6) is 0 Å². The summed E-state index contributed by atoms with van der Waals surface area (Å²) in [4.78, 5) is 23.0. The Hall–Kier alpha value is -1.92. The molecule has 1 N–H and O–H groups in total. The van der Waals surface area contributed by atoms with Gasteiger partial charge in [-0.25, -0.2) is 9.78 Å². The number of carbonyl (C=O) groups is 1. The molecule has 144 valence electrons. The number of aromatic nitrogens is 1. The van der Waals surface area contributed by atoms with E-state index in [9.17, 15) is 4.79 Å². The van der Waals surface area contributed by atoms with Gasteiger partial charge in [0.05, 0.1) is 16.6 Å². The molecule has 1 aliphatic carbocycles. The monoisotopic (exact) mass is 384 g/mol. The highest BCUT2D eigenvalue weighted by Gasteiger charge is 2.28. The van der Waals surface area contributed by atoms with Gasteiger partial charge in [-0.15, -0.1) is 11.3 Å². The van der Waals surface area contributed by atoms with Crippen LogP contribution in [0.25, 0.3) is 10.6 Å². The minimum absolute atomic E-state index is 0.0306. The lowest BCUT2D eigenvalue weighted by Crippen LogP contribution is -2.52. The van der Waals surface area contributed by atoms with E-state index in [0.717, 1.165) is 53.2 Å². The van der Waals surface area contributed by atoms with Crippen LogP contribution in [-0.2, 0) is 0 Å². The summed E-state index contributed by atoms with van der Waals surface area (Å²) in [6.45, 7) is 8.93. The Bertz CT molecular complexity index is 779. The molecule has 2 aromatic rings. The molecule has 1 aromatic heterocycles. The van der Waals surface area contributed by atoms with Crippen molar-refractivity contribution in [3.05, 3.63) is 40.9 Å². The van der Waals surface area contributed by atoms with E-state index >= 15 is 0 Å². The van der Waals surface area contributed by atoms with Crippen LogP contribution in [0.3, 0.4) is 0 Å². The Morgan fingerprint density at radius 2 is 1.93 bits per heavy atom. The van der Waals surface area contributed by atoms with Gasteiger partial charge in [0.15, 0.2) is 0 Å². The van der Waals surface area contributed by atoms with Gasteiger partial charge in [-0.05, 0) is 32.6 Å². The largest absolute Gasteiger partial charge is 0.331 e. The van der Waals surface area contributed by atoms with E-state index in [1.54, 1.807) is 11.3 Å². The maximum atomic E-state index is 12.7. The average molecular weight is 385 g/mol. The van der Waals surface area contributed by atoms with Crippen molar-refractivity contribution >= 4 is 17.4 Å². The number of thiazole rings is 1. The molecular weight excluding hydrogens is 356 g/mol. The van der Waals surface area contributed by atoms with Gasteiger partial charge < -0.3 is 10.2 Å². The fraction of sp³-hybridized carbons (Fsp3) is 0.524. The van der Waals surface area contributed by atoms with Crippen LogP contribution in [0.15, 0.2) is 30.3 Å². The third kappa shape index (κ3) is 4.50. The normalized spacial score (nSPS) is 19.1. The highest BCUT2D eigenvalue weighted by atomic mass is 32.1. The number of carbonyl (C=O) groups excluding carboxylic acids is 1. The topological polar surface area (TPSA) is 48.5 Å². The summed E-state index contributed by atoms with van der Waals surface area (Å²) in [7, 11) is 0. The van der Waals surface area contributed by atoms with Crippen molar-refractivity contribution in [2.24, 2.45) is 5.92 Å². The first-order valence-electron chi connectivity index (χ1n) is 9.90. The predicted molar refractivity (Wildman–Crippen MR) is 110 cm³/mol. The summed E-state index contributed by atoms with van der Waals surface area (Å²) >= 11 is 1.67. The summed E-state index contributed by atoms with van der Waals surface area (Å²) < 4.78 is 0. The molecule has 27 heavy (non-hydrogen) atoms. The fourth-order valence-electron chi connectivity index (χ4n) is 3.66. The molecule has 6 heteroatoms. The number of nitrogens with zero attached hydrogens (tertiary/aromatic N) is 3. The Morgan fingerprint density at radius 1 is 1.22 bits per heavy atom. The van der Waals surface area contributed by atoms with Crippen LogP contribution < -0.4 is 5.32 Å². The van der Waals surface area contributed by atoms with Gasteiger partial charge in [-0.3, -0.25) is 4.90 Å². The first kappa shape index (κ1) is 18.4. The van der Waals surface area contributed by atoms with Crippen molar-refractivity contribution in [3.63, 3.8) is 0 Å². The number of nitrogens with one attached hydrogen (secondary N) is 1. The zero-order valence-electron chi connectivity index (χ0n) is 16.1. The van der Waals surface area contributed by atoms with E-state index in [1.165, 1.54) is 19.4 Å². The third-order valence-electron chi connectivity index (χ3n) is 5.46. The Morgan fingerprint density at radius 3 is 2.59 bits per heavy atom.